The molecule has 0 N–H and O–H groups in total. The summed E-state index contributed by atoms with van der Waals surface area (Å²) in [6, 6.07) is 8.47. The largest absolute Gasteiger partial charge is 0.466 e. The summed E-state index contributed by atoms with van der Waals surface area (Å²) >= 11 is 0. The monoisotopic (exact) mass is 277 g/mol. The Morgan fingerprint density at radius 1 is 1.10 bits per heavy atom. The van der Waals surface area contributed by atoms with E-state index in [1.54, 1.807) is 0 Å². The van der Waals surface area contributed by atoms with Crippen molar-refractivity contribution in [2.24, 2.45) is 0 Å². The molecule has 1 aromatic carbocycles. The normalized spacial score (nSPS) is 10.3. The highest BCUT2D eigenvalue weighted by molar-refractivity contribution is 5.69. The summed E-state index contributed by atoms with van der Waals surface area (Å²) in [6.45, 7) is 8.98. The molecule has 0 unspecified atom stereocenters. The minimum absolute atomic E-state index is 0.0914. The van der Waals surface area contributed by atoms with Gasteiger partial charge in [-0.1, -0.05) is 25.5 Å². The zero-order chi connectivity index (χ0) is 14.8. The second kappa shape index (κ2) is 9.40. The second-order valence-corrected chi connectivity index (χ2v) is 4.91. The van der Waals surface area contributed by atoms with Crippen molar-refractivity contribution in [2.75, 3.05) is 24.6 Å². The van der Waals surface area contributed by atoms with Crippen LogP contribution in [0.2, 0.25) is 0 Å². The molecule has 0 fully saturated rings. The molecule has 0 amide bonds. The van der Waals surface area contributed by atoms with E-state index in [0.717, 1.165) is 32.4 Å². The number of carbonyl (C=O) groups is 1. The molecule has 0 radical (unpaired) electrons. The summed E-state index contributed by atoms with van der Waals surface area (Å²) in [6.07, 6.45) is 3.22. The van der Waals surface area contributed by atoms with E-state index in [1.807, 2.05) is 0 Å². The van der Waals surface area contributed by atoms with Crippen LogP contribution in [0.15, 0.2) is 24.3 Å². The first-order valence-corrected chi connectivity index (χ1v) is 7.70. The quantitative estimate of drug-likeness (QED) is 0.508. The lowest BCUT2D eigenvalue weighted by molar-refractivity contribution is -0.143. The molecular formula is C17H27NO2. The van der Waals surface area contributed by atoms with Crippen molar-refractivity contribution in [2.45, 2.75) is 46.5 Å². The first kappa shape index (κ1) is 16.5. The van der Waals surface area contributed by atoms with Crippen LogP contribution in [0.3, 0.4) is 0 Å². The molecule has 3 nitrogen and oxygen atoms in total. The van der Waals surface area contributed by atoms with Gasteiger partial charge in [0.05, 0.1) is 6.61 Å². The molecular weight excluding hydrogens is 250 g/mol. The Morgan fingerprint density at radius 3 is 2.30 bits per heavy atom. The van der Waals surface area contributed by atoms with Crippen LogP contribution < -0.4 is 4.90 Å². The molecule has 0 aliphatic heterocycles. The van der Waals surface area contributed by atoms with Crippen LogP contribution in [0.1, 0.15) is 45.6 Å². The van der Waals surface area contributed by atoms with Crippen molar-refractivity contribution in [1.29, 1.82) is 0 Å². The standard InChI is InChI=1S/C17H27NO2/c1-4-7-14-20-17(19)13-10-15-8-11-16(12-9-15)18(5-2)6-3/h8-9,11-12H,4-7,10,13-14H2,1-3H3. The molecule has 0 heterocycles. The molecule has 0 saturated carbocycles. The Balaban J connectivity index is 2.39. The van der Waals surface area contributed by atoms with Crippen molar-refractivity contribution in [3.63, 3.8) is 0 Å². The summed E-state index contributed by atoms with van der Waals surface area (Å²) in [5.41, 5.74) is 2.43. The molecule has 20 heavy (non-hydrogen) atoms. The average molecular weight is 277 g/mol. The van der Waals surface area contributed by atoms with Crippen LogP contribution in [-0.2, 0) is 16.0 Å². The van der Waals surface area contributed by atoms with E-state index in [2.05, 4.69) is 49.9 Å². The van der Waals surface area contributed by atoms with E-state index in [0.29, 0.717) is 13.0 Å². The molecule has 0 aliphatic rings. The molecule has 0 bridgehead atoms. The predicted molar refractivity (Wildman–Crippen MR) is 84.2 cm³/mol. The third-order valence-corrected chi connectivity index (χ3v) is 3.44. The van der Waals surface area contributed by atoms with Crippen LogP contribution in [0.25, 0.3) is 0 Å². The number of carbonyl (C=O) groups excluding carboxylic acids is 1. The smallest absolute Gasteiger partial charge is 0.306 e. The Kier molecular flexibility index (Phi) is 7.78. The van der Waals surface area contributed by atoms with Gasteiger partial charge in [-0.05, 0) is 44.4 Å². The van der Waals surface area contributed by atoms with E-state index < -0.39 is 0 Å². The van der Waals surface area contributed by atoms with Gasteiger partial charge < -0.3 is 9.64 Å². The number of aryl methyl sites for hydroxylation is 1. The number of hydrogen-bond donors (Lipinski definition) is 0. The average Bonchev–Trinajstić information content (AvgIpc) is 2.48. The molecule has 0 atom stereocenters. The number of benzene rings is 1. The second-order valence-electron chi connectivity index (χ2n) is 4.91. The Labute approximate surface area is 122 Å². The number of ether oxygens (including phenoxy) is 1. The molecule has 1 aromatic rings. The molecule has 3 heteroatoms. The lowest BCUT2D eigenvalue weighted by Gasteiger charge is -2.21. The number of unbranched alkanes of at least 4 members (excludes halogenated alkanes) is 1. The Hall–Kier alpha value is -1.51. The van der Waals surface area contributed by atoms with Crippen molar-refractivity contribution in [3.05, 3.63) is 29.8 Å². The number of nitrogens with zero attached hydrogens (tertiary/aromatic N) is 1. The van der Waals surface area contributed by atoms with Gasteiger partial charge in [0, 0.05) is 25.2 Å². The molecule has 0 aromatic heterocycles. The third-order valence-electron chi connectivity index (χ3n) is 3.44. The van der Waals surface area contributed by atoms with E-state index >= 15 is 0 Å². The Bertz CT molecular complexity index is 382. The van der Waals surface area contributed by atoms with Crippen molar-refractivity contribution < 1.29 is 9.53 Å². The molecule has 0 saturated heterocycles. The highest BCUT2D eigenvalue weighted by Gasteiger charge is 2.05. The maximum atomic E-state index is 11.5. The van der Waals surface area contributed by atoms with Crippen LogP contribution in [0, 0.1) is 0 Å². The predicted octanol–water partition coefficient (Wildman–Crippen LogP) is 3.81. The fraction of sp³-hybridized carbons (Fsp3) is 0.588. The lowest BCUT2D eigenvalue weighted by atomic mass is 10.1. The van der Waals surface area contributed by atoms with E-state index in [4.69, 9.17) is 4.74 Å². The number of rotatable bonds is 9. The van der Waals surface area contributed by atoms with Gasteiger partial charge in [-0.3, -0.25) is 4.79 Å². The van der Waals surface area contributed by atoms with E-state index in [1.165, 1.54) is 11.3 Å². The fourth-order valence-electron chi connectivity index (χ4n) is 2.11. The third kappa shape index (κ3) is 5.64. The van der Waals surface area contributed by atoms with Gasteiger partial charge in [-0.25, -0.2) is 0 Å². The zero-order valence-electron chi connectivity index (χ0n) is 13.0. The summed E-state index contributed by atoms with van der Waals surface area (Å²) in [5.74, 6) is -0.0914. The van der Waals surface area contributed by atoms with Crippen LogP contribution in [-0.4, -0.2) is 25.7 Å². The van der Waals surface area contributed by atoms with E-state index in [9.17, 15) is 4.79 Å². The topological polar surface area (TPSA) is 29.5 Å². The van der Waals surface area contributed by atoms with Crippen molar-refractivity contribution in [3.8, 4) is 0 Å². The first-order valence-electron chi connectivity index (χ1n) is 7.70. The van der Waals surface area contributed by atoms with E-state index in [-0.39, 0.29) is 5.97 Å². The summed E-state index contributed by atoms with van der Waals surface area (Å²) in [5, 5.41) is 0. The van der Waals surface area contributed by atoms with Crippen LogP contribution >= 0.6 is 0 Å². The lowest BCUT2D eigenvalue weighted by Crippen LogP contribution is -2.21. The number of esters is 1. The highest BCUT2D eigenvalue weighted by Crippen LogP contribution is 2.15. The zero-order valence-corrected chi connectivity index (χ0v) is 13.0. The summed E-state index contributed by atoms with van der Waals surface area (Å²) in [4.78, 5) is 13.8. The summed E-state index contributed by atoms with van der Waals surface area (Å²) < 4.78 is 5.15. The molecule has 0 aliphatic carbocycles. The molecule has 0 spiro atoms. The minimum atomic E-state index is -0.0914. The van der Waals surface area contributed by atoms with Crippen LogP contribution in [0.5, 0.6) is 0 Å². The van der Waals surface area contributed by atoms with Gasteiger partial charge in [0.15, 0.2) is 0 Å². The van der Waals surface area contributed by atoms with Gasteiger partial charge in [-0.15, -0.1) is 0 Å². The minimum Gasteiger partial charge on any atom is -0.466 e. The van der Waals surface area contributed by atoms with Crippen molar-refractivity contribution >= 4 is 11.7 Å². The Morgan fingerprint density at radius 2 is 1.75 bits per heavy atom. The molecule has 112 valence electrons. The summed E-state index contributed by atoms with van der Waals surface area (Å²) in [7, 11) is 0. The van der Waals surface area contributed by atoms with Gasteiger partial charge in [0.1, 0.15) is 0 Å². The van der Waals surface area contributed by atoms with Gasteiger partial charge in [-0.2, -0.15) is 0 Å². The fourth-order valence-corrected chi connectivity index (χ4v) is 2.11. The first-order chi connectivity index (χ1) is 9.71. The van der Waals surface area contributed by atoms with Gasteiger partial charge >= 0.3 is 5.97 Å². The van der Waals surface area contributed by atoms with Gasteiger partial charge in [0.2, 0.25) is 0 Å². The van der Waals surface area contributed by atoms with Crippen molar-refractivity contribution in [1.82, 2.24) is 0 Å². The maximum Gasteiger partial charge on any atom is 0.306 e. The number of anilines is 1. The molecule has 1 rings (SSSR count). The van der Waals surface area contributed by atoms with Gasteiger partial charge in [0.25, 0.3) is 0 Å². The maximum absolute atomic E-state index is 11.5. The SMILES string of the molecule is CCCCOC(=O)CCc1ccc(N(CC)CC)cc1. The number of hydrogen-bond acceptors (Lipinski definition) is 3. The highest BCUT2D eigenvalue weighted by atomic mass is 16.5. The van der Waals surface area contributed by atoms with Crippen LogP contribution in [0.4, 0.5) is 5.69 Å².